The van der Waals surface area contributed by atoms with Gasteiger partial charge in [0.25, 0.3) is 5.69 Å². The SMILES string of the molecule is CCCCSc1c([N+](=O)[O-])ccc(N)c1Cl. The molecule has 0 aromatic heterocycles. The van der Waals surface area contributed by atoms with Gasteiger partial charge in [-0.15, -0.1) is 11.8 Å². The first-order valence-electron chi connectivity index (χ1n) is 4.93. The molecule has 0 fully saturated rings. The number of nitrogens with zero attached hydrogens (tertiary/aromatic N) is 1. The van der Waals surface area contributed by atoms with E-state index in [2.05, 4.69) is 6.92 Å². The topological polar surface area (TPSA) is 69.2 Å². The third kappa shape index (κ3) is 3.02. The minimum atomic E-state index is -0.431. The number of halogens is 1. The molecule has 2 N–H and O–H groups in total. The monoisotopic (exact) mass is 260 g/mol. The van der Waals surface area contributed by atoms with Crippen LogP contribution in [0.2, 0.25) is 5.02 Å². The molecule has 1 aromatic rings. The summed E-state index contributed by atoms with van der Waals surface area (Å²) in [6, 6.07) is 2.86. The molecule has 1 rings (SSSR count). The van der Waals surface area contributed by atoms with Crippen LogP contribution in [-0.4, -0.2) is 10.7 Å². The summed E-state index contributed by atoms with van der Waals surface area (Å²) in [7, 11) is 0. The molecule has 0 atom stereocenters. The summed E-state index contributed by atoms with van der Waals surface area (Å²) in [6.45, 7) is 2.07. The highest BCUT2D eigenvalue weighted by atomic mass is 35.5. The first-order chi connectivity index (χ1) is 7.57. The molecule has 0 amide bonds. The summed E-state index contributed by atoms with van der Waals surface area (Å²) >= 11 is 7.36. The average molecular weight is 261 g/mol. The van der Waals surface area contributed by atoms with Crippen LogP contribution in [0.25, 0.3) is 0 Å². The van der Waals surface area contributed by atoms with Crippen LogP contribution in [-0.2, 0) is 0 Å². The van der Waals surface area contributed by atoms with E-state index in [0.717, 1.165) is 18.6 Å². The van der Waals surface area contributed by atoms with Gasteiger partial charge >= 0.3 is 0 Å². The predicted molar refractivity (Wildman–Crippen MR) is 68.2 cm³/mol. The molecule has 0 saturated carbocycles. The molecule has 0 saturated heterocycles. The number of anilines is 1. The fraction of sp³-hybridized carbons (Fsp3) is 0.400. The molecule has 4 nitrogen and oxygen atoms in total. The fourth-order valence-corrected chi connectivity index (χ4v) is 2.66. The number of nitrogen functional groups attached to an aromatic ring is 1. The van der Waals surface area contributed by atoms with E-state index >= 15 is 0 Å². The number of thioether (sulfide) groups is 1. The van der Waals surface area contributed by atoms with Crippen LogP contribution in [0.15, 0.2) is 17.0 Å². The highest BCUT2D eigenvalue weighted by Crippen LogP contribution is 2.39. The molecule has 0 radical (unpaired) electrons. The number of hydrogen-bond donors (Lipinski definition) is 1. The number of nitro benzene ring substituents is 1. The van der Waals surface area contributed by atoms with Crippen molar-refractivity contribution in [2.24, 2.45) is 0 Å². The lowest BCUT2D eigenvalue weighted by Gasteiger charge is -2.06. The van der Waals surface area contributed by atoms with Gasteiger partial charge in [0.1, 0.15) is 4.90 Å². The standard InChI is InChI=1S/C10H13ClN2O2S/c1-2-3-6-16-10-8(13(14)15)5-4-7(12)9(10)11/h4-5H,2-3,6,12H2,1H3. The largest absolute Gasteiger partial charge is 0.397 e. The smallest absolute Gasteiger partial charge is 0.284 e. The van der Waals surface area contributed by atoms with Crippen LogP contribution in [0.5, 0.6) is 0 Å². The van der Waals surface area contributed by atoms with Gasteiger partial charge in [-0.1, -0.05) is 24.9 Å². The maximum atomic E-state index is 10.8. The number of rotatable bonds is 5. The van der Waals surface area contributed by atoms with Crippen molar-refractivity contribution in [2.75, 3.05) is 11.5 Å². The maximum absolute atomic E-state index is 10.8. The van der Waals surface area contributed by atoms with E-state index in [0.29, 0.717) is 10.6 Å². The van der Waals surface area contributed by atoms with Crippen LogP contribution in [0.3, 0.4) is 0 Å². The van der Waals surface area contributed by atoms with E-state index in [9.17, 15) is 10.1 Å². The van der Waals surface area contributed by atoms with Crippen LogP contribution in [0.4, 0.5) is 11.4 Å². The summed E-state index contributed by atoms with van der Waals surface area (Å²) < 4.78 is 0. The normalized spacial score (nSPS) is 10.4. The molecule has 0 unspecified atom stereocenters. The molecule has 1 aromatic carbocycles. The number of nitro groups is 1. The zero-order valence-corrected chi connectivity index (χ0v) is 10.5. The lowest BCUT2D eigenvalue weighted by Crippen LogP contribution is -1.95. The number of unbranched alkanes of at least 4 members (excludes halogenated alkanes) is 1. The maximum Gasteiger partial charge on any atom is 0.284 e. The van der Waals surface area contributed by atoms with Crippen LogP contribution < -0.4 is 5.73 Å². The van der Waals surface area contributed by atoms with E-state index < -0.39 is 4.92 Å². The van der Waals surface area contributed by atoms with Crippen LogP contribution in [0.1, 0.15) is 19.8 Å². The molecule has 0 bridgehead atoms. The first kappa shape index (κ1) is 13.1. The van der Waals surface area contributed by atoms with E-state index in [-0.39, 0.29) is 10.7 Å². The van der Waals surface area contributed by atoms with Crippen molar-refractivity contribution < 1.29 is 4.92 Å². The zero-order valence-electron chi connectivity index (χ0n) is 8.90. The zero-order chi connectivity index (χ0) is 12.1. The van der Waals surface area contributed by atoms with Crippen molar-refractivity contribution in [3.05, 3.63) is 27.3 Å². The summed E-state index contributed by atoms with van der Waals surface area (Å²) in [6.07, 6.45) is 2.04. The van der Waals surface area contributed by atoms with Crippen molar-refractivity contribution in [2.45, 2.75) is 24.7 Å². The van der Waals surface area contributed by atoms with Crippen LogP contribution >= 0.6 is 23.4 Å². The quantitative estimate of drug-likeness (QED) is 0.288. The van der Waals surface area contributed by atoms with Gasteiger partial charge < -0.3 is 5.73 Å². The van der Waals surface area contributed by atoms with Gasteiger partial charge in [-0.2, -0.15) is 0 Å². The van der Waals surface area contributed by atoms with Crippen molar-refractivity contribution in [1.29, 1.82) is 0 Å². The van der Waals surface area contributed by atoms with Gasteiger partial charge in [0.15, 0.2) is 0 Å². The molecule has 88 valence electrons. The Balaban J connectivity index is 3.01. The summed E-state index contributed by atoms with van der Waals surface area (Å²) in [4.78, 5) is 10.9. The van der Waals surface area contributed by atoms with Crippen molar-refractivity contribution >= 4 is 34.7 Å². The third-order valence-electron chi connectivity index (χ3n) is 2.05. The fourth-order valence-electron chi connectivity index (χ4n) is 1.16. The predicted octanol–water partition coefficient (Wildman–Crippen LogP) is 3.72. The van der Waals surface area contributed by atoms with E-state index in [1.165, 1.54) is 23.9 Å². The molecule has 16 heavy (non-hydrogen) atoms. The van der Waals surface area contributed by atoms with Gasteiger partial charge in [0.05, 0.1) is 15.6 Å². The molecule has 0 spiro atoms. The number of nitrogens with two attached hydrogens (primary N) is 1. The molecule has 0 aliphatic carbocycles. The lowest BCUT2D eigenvalue weighted by molar-refractivity contribution is -0.387. The lowest BCUT2D eigenvalue weighted by atomic mass is 10.3. The molecule has 0 aliphatic rings. The summed E-state index contributed by atoms with van der Waals surface area (Å²) in [5.41, 5.74) is 6.03. The molecular weight excluding hydrogens is 248 g/mol. The molecule has 0 heterocycles. The minimum absolute atomic E-state index is 0.0281. The van der Waals surface area contributed by atoms with E-state index in [1.54, 1.807) is 0 Å². The van der Waals surface area contributed by atoms with Crippen LogP contribution in [0, 0.1) is 10.1 Å². The second-order valence-electron chi connectivity index (χ2n) is 3.28. The highest BCUT2D eigenvalue weighted by Gasteiger charge is 2.18. The Morgan fingerprint density at radius 3 is 2.81 bits per heavy atom. The molecular formula is C10H13ClN2O2S. The number of benzene rings is 1. The summed E-state index contributed by atoms with van der Waals surface area (Å²) in [5.74, 6) is 0.806. The van der Waals surface area contributed by atoms with Crippen molar-refractivity contribution in [3.63, 3.8) is 0 Å². The van der Waals surface area contributed by atoms with Crippen molar-refractivity contribution in [3.8, 4) is 0 Å². The highest BCUT2D eigenvalue weighted by molar-refractivity contribution is 7.99. The minimum Gasteiger partial charge on any atom is -0.397 e. The molecule has 6 heteroatoms. The third-order valence-corrected chi connectivity index (χ3v) is 3.76. The van der Waals surface area contributed by atoms with E-state index in [4.69, 9.17) is 17.3 Å². The number of hydrogen-bond acceptors (Lipinski definition) is 4. The van der Waals surface area contributed by atoms with Gasteiger partial charge in [0, 0.05) is 6.07 Å². The van der Waals surface area contributed by atoms with Crippen molar-refractivity contribution in [1.82, 2.24) is 0 Å². The Bertz CT molecular complexity index is 399. The molecule has 0 aliphatic heterocycles. The second-order valence-corrected chi connectivity index (χ2v) is 4.76. The Kier molecular flexibility index (Phi) is 4.89. The van der Waals surface area contributed by atoms with Gasteiger partial charge in [-0.05, 0) is 18.2 Å². The Morgan fingerprint density at radius 1 is 1.56 bits per heavy atom. The Hall–Kier alpha value is -0.940. The Morgan fingerprint density at radius 2 is 2.25 bits per heavy atom. The Labute approximate surface area is 103 Å². The average Bonchev–Trinajstić information content (AvgIpc) is 2.24. The van der Waals surface area contributed by atoms with Gasteiger partial charge in [0.2, 0.25) is 0 Å². The second kappa shape index (κ2) is 5.96. The summed E-state index contributed by atoms with van der Waals surface area (Å²) in [5, 5.41) is 11.1. The first-order valence-corrected chi connectivity index (χ1v) is 6.29. The van der Waals surface area contributed by atoms with E-state index in [1.807, 2.05) is 0 Å². The van der Waals surface area contributed by atoms with Gasteiger partial charge in [-0.25, -0.2) is 0 Å². The van der Waals surface area contributed by atoms with Gasteiger partial charge in [-0.3, -0.25) is 10.1 Å².